The Morgan fingerprint density at radius 1 is 1.05 bits per heavy atom. The summed E-state index contributed by atoms with van der Waals surface area (Å²) in [6, 6.07) is 12.8. The van der Waals surface area contributed by atoms with Gasteiger partial charge in [0.2, 0.25) is 0 Å². The molecule has 0 aliphatic rings. The van der Waals surface area contributed by atoms with Crippen LogP contribution in [0.5, 0.6) is 0 Å². The lowest BCUT2D eigenvalue weighted by Gasteiger charge is -2.19. The Hall–Kier alpha value is -1.35. The number of benzene rings is 1. The van der Waals surface area contributed by atoms with Crippen LogP contribution < -0.4 is 4.90 Å². The molecule has 100 valence electrons. The van der Waals surface area contributed by atoms with Crippen LogP contribution in [-0.2, 0) is 6.42 Å². The van der Waals surface area contributed by atoms with Gasteiger partial charge in [-0.25, -0.2) is 4.98 Å². The third-order valence-electron chi connectivity index (χ3n) is 3.25. The maximum atomic E-state index is 4.58. The highest BCUT2D eigenvalue weighted by molar-refractivity contribution is 9.10. The number of likely N-dealkylation sites (N-methyl/N-ethyl adjacent to an activating group) is 1. The van der Waals surface area contributed by atoms with Gasteiger partial charge in [-0.15, -0.1) is 0 Å². The van der Waals surface area contributed by atoms with Gasteiger partial charge in [0.1, 0.15) is 5.82 Å². The fraction of sp³-hybridized carbons (Fsp3) is 0.312. The van der Waals surface area contributed by atoms with E-state index in [4.69, 9.17) is 0 Å². The van der Waals surface area contributed by atoms with Gasteiger partial charge in [0, 0.05) is 18.1 Å². The molecule has 0 aliphatic heterocycles. The normalized spacial score (nSPS) is 10.5. The minimum Gasteiger partial charge on any atom is -0.359 e. The largest absolute Gasteiger partial charge is 0.359 e. The first kappa shape index (κ1) is 14.1. The molecule has 3 heteroatoms. The van der Waals surface area contributed by atoms with E-state index in [2.05, 4.69) is 70.1 Å². The van der Waals surface area contributed by atoms with E-state index in [1.807, 2.05) is 13.0 Å². The summed E-state index contributed by atoms with van der Waals surface area (Å²) in [6.45, 7) is 5.10. The van der Waals surface area contributed by atoms with Crippen molar-refractivity contribution in [3.05, 3.63) is 57.7 Å². The maximum Gasteiger partial charge on any atom is 0.128 e. The fourth-order valence-corrected chi connectivity index (χ4v) is 2.13. The molecule has 0 unspecified atom stereocenters. The van der Waals surface area contributed by atoms with Gasteiger partial charge in [-0.2, -0.15) is 0 Å². The molecule has 0 fully saturated rings. The fourth-order valence-electron chi connectivity index (χ4n) is 1.91. The zero-order chi connectivity index (χ0) is 13.8. The summed E-state index contributed by atoms with van der Waals surface area (Å²) >= 11 is 3.48. The van der Waals surface area contributed by atoms with Gasteiger partial charge in [-0.1, -0.05) is 29.8 Å². The van der Waals surface area contributed by atoms with Gasteiger partial charge in [-0.3, -0.25) is 0 Å². The van der Waals surface area contributed by atoms with Crippen LogP contribution in [0.25, 0.3) is 0 Å². The molecule has 0 N–H and O–H groups in total. The van der Waals surface area contributed by atoms with Gasteiger partial charge in [0.15, 0.2) is 0 Å². The highest BCUT2D eigenvalue weighted by atomic mass is 79.9. The summed E-state index contributed by atoms with van der Waals surface area (Å²) in [5, 5.41) is 0. The molecule has 19 heavy (non-hydrogen) atoms. The molecule has 0 bridgehead atoms. The molecule has 0 atom stereocenters. The molecular formula is C16H19BrN2. The second-order valence-electron chi connectivity index (χ2n) is 4.89. The topological polar surface area (TPSA) is 16.1 Å². The minimum absolute atomic E-state index is 0.969. The number of anilines is 1. The van der Waals surface area contributed by atoms with Crippen LogP contribution in [-0.4, -0.2) is 18.6 Å². The van der Waals surface area contributed by atoms with Gasteiger partial charge >= 0.3 is 0 Å². The lowest BCUT2D eigenvalue weighted by molar-refractivity contribution is 0.855. The molecule has 2 rings (SSSR count). The van der Waals surface area contributed by atoms with Gasteiger partial charge in [-0.05, 0) is 53.9 Å². The molecule has 2 nitrogen and oxygen atoms in total. The predicted molar refractivity (Wildman–Crippen MR) is 84.8 cm³/mol. The zero-order valence-corrected chi connectivity index (χ0v) is 13.2. The van der Waals surface area contributed by atoms with Crippen molar-refractivity contribution >= 4 is 21.7 Å². The van der Waals surface area contributed by atoms with Crippen LogP contribution in [0.3, 0.4) is 0 Å². The third kappa shape index (κ3) is 3.80. The highest BCUT2D eigenvalue weighted by Gasteiger charge is 2.05. The van der Waals surface area contributed by atoms with Gasteiger partial charge < -0.3 is 4.90 Å². The van der Waals surface area contributed by atoms with Crippen LogP contribution in [0.2, 0.25) is 0 Å². The molecule has 1 aromatic carbocycles. The summed E-state index contributed by atoms with van der Waals surface area (Å²) in [5.41, 5.74) is 3.70. The molecule has 1 heterocycles. The highest BCUT2D eigenvalue weighted by Crippen LogP contribution is 2.18. The average Bonchev–Trinajstić information content (AvgIpc) is 2.41. The molecule has 0 aliphatic carbocycles. The summed E-state index contributed by atoms with van der Waals surface area (Å²) in [5.74, 6) is 1.02. The Kier molecular flexibility index (Phi) is 4.59. The predicted octanol–water partition coefficient (Wildman–Crippen LogP) is 4.14. The van der Waals surface area contributed by atoms with E-state index in [1.54, 1.807) is 0 Å². The van der Waals surface area contributed by atoms with Crippen molar-refractivity contribution in [3.63, 3.8) is 0 Å². The summed E-state index contributed by atoms with van der Waals surface area (Å²) in [4.78, 5) is 6.77. The monoisotopic (exact) mass is 318 g/mol. The SMILES string of the molecule is Cc1ccc(CCN(C)c2ccc(Br)c(C)n2)cc1. The number of halogens is 1. The summed E-state index contributed by atoms with van der Waals surface area (Å²) < 4.78 is 1.06. The lowest BCUT2D eigenvalue weighted by Crippen LogP contribution is -2.21. The molecule has 2 aromatic rings. The third-order valence-corrected chi connectivity index (χ3v) is 4.09. The van der Waals surface area contributed by atoms with Gasteiger partial charge in [0.25, 0.3) is 0 Å². The quantitative estimate of drug-likeness (QED) is 0.842. The standard InChI is InChI=1S/C16H19BrN2/c1-12-4-6-14(7-5-12)10-11-19(3)16-9-8-15(17)13(2)18-16/h4-9H,10-11H2,1-3H3. The maximum absolute atomic E-state index is 4.58. The molecule has 1 aromatic heterocycles. The van der Waals surface area contributed by atoms with Crippen molar-refractivity contribution in [2.24, 2.45) is 0 Å². The van der Waals surface area contributed by atoms with E-state index in [-0.39, 0.29) is 0 Å². The number of aryl methyl sites for hydroxylation is 2. The van der Waals surface area contributed by atoms with Crippen molar-refractivity contribution in [1.82, 2.24) is 4.98 Å². The number of aromatic nitrogens is 1. The van der Waals surface area contributed by atoms with Crippen LogP contribution in [0.15, 0.2) is 40.9 Å². The molecule has 0 radical (unpaired) electrons. The first-order valence-corrected chi connectivity index (χ1v) is 7.25. The number of hydrogen-bond donors (Lipinski definition) is 0. The van der Waals surface area contributed by atoms with Crippen LogP contribution in [0, 0.1) is 13.8 Å². The molecule has 0 saturated carbocycles. The Labute approximate surface area is 123 Å². The van der Waals surface area contributed by atoms with Crippen molar-refractivity contribution < 1.29 is 0 Å². The van der Waals surface area contributed by atoms with Crippen molar-refractivity contribution in [3.8, 4) is 0 Å². The Morgan fingerprint density at radius 2 is 1.74 bits per heavy atom. The molecular weight excluding hydrogens is 300 g/mol. The van der Waals surface area contributed by atoms with Crippen molar-refractivity contribution in [1.29, 1.82) is 0 Å². The van der Waals surface area contributed by atoms with Crippen LogP contribution >= 0.6 is 15.9 Å². The first-order valence-electron chi connectivity index (χ1n) is 6.46. The number of rotatable bonds is 4. The minimum atomic E-state index is 0.969. The first-order chi connectivity index (χ1) is 9.06. The van der Waals surface area contributed by atoms with Crippen molar-refractivity contribution in [2.75, 3.05) is 18.5 Å². The van der Waals surface area contributed by atoms with E-state index in [1.165, 1.54) is 11.1 Å². The zero-order valence-electron chi connectivity index (χ0n) is 11.7. The van der Waals surface area contributed by atoms with E-state index >= 15 is 0 Å². The summed E-state index contributed by atoms with van der Waals surface area (Å²) in [6.07, 6.45) is 1.04. The molecule has 0 amide bonds. The molecule has 0 saturated heterocycles. The van der Waals surface area contributed by atoms with E-state index in [0.29, 0.717) is 0 Å². The Balaban J connectivity index is 1.98. The van der Waals surface area contributed by atoms with Crippen LogP contribution in [0.1, 0.15) is 16.8 Å². The number of nitrogens with zero attached hydrogens (tertiary/aromatic N) is 2. The van der Waals surface area contributed by atoms with Crippen molar-refractivity contribution in [2.45, 2.75) is 20.3 Å². The molecule has 0 spiro atoms. The smallest absolute Gasteiger partial charge is 0.128 e. The second kappa shape index (κ2) is 6.20. The Bertz CT molecular complexity index is 549. The average molecular weight is 319 g/mol. The lowest BCUT2D eigenvalue weighted by atomic mass is 10.1. The Morgan fingerprint density at radius 3 is 2.37 bits per heavy atom. The second-order valence-corrected chi connectivity index (χ2v) is 5.75. The van der Waals surface area contributed by atoms with E-state index < -0.39 is 0 Å². The van der Waals surface area contributed by atoms with Crippen LogP contribution in [0.4, 0.5) is 5.82 Å². The van der Waals surface area contributed by atoms with E-state index in [0.717, 1.165) is 29.0 Å². The summed E-state index contributed by atoms with van der Waals surface area (Å²) in [7, 11) is 2.09. The number of pyridine rings is 1. The number of hydrogen-bond acceptors (Lipinski definition) is 2. The van der Waals surface area contributed by atoms with E-state index in [9.17, 15) is 0 Å². The van der Waals surface area contributed by atoms with Gasteiger partial charge in [0.05, 0.1) is 5.69 Å².